The zero-order valence-electron chi connectivity index (χ0n) is 33.6. The Balaban J connectivity index is 1.18. The van der Waals surface area contributed by atoms with Crippen LogP contribution in [-0.2, 0) is 0 Å². The highest BCUT2D eigenvalue weighted by Gasteiger charge is 2.19. The molecule has 1 atom stereocenters. The van der Waals surface area contributed by atoms with Crippen molar-refractivity contribution in [1.82, 2.24) is 15.0 Å². The van der Waals surface area contributed by atoms with E-state index in [-0.39, 0.29) is 0 Å². The van der Waals surface area contributed by atoms with Gasteiger partial charge in [0, 0.05) is 16.7 Å². The first-order valence-electron chi connectivity index (χ1n) is 20.8. The van der Waals surface area contributed by atoms with Crippen molar-refractivity contribution in [2.45, 2.75) is 20.3 Å². The van der Waals surface area contributed by atoms with Crippen molar-refractivity contribution in [2.75, 3.05) is 0 Å². The summed E-state index contributed by atoms with van der Waals surface area (Å²) in [6.45, 7) is 4.34. The standard InChI is InChI=1S/C57H41N3/c1-36-22-26-39(27-23-36)55-58-56(40-28-24-37(2)25-29-40)60-57(59-55)44-33-42(32-43(34-44)54-35-41-13-4-6-15-46(41)48-17-9-10-19-52(48)54)47-16-7-8-18-49(47)51-21-11-20-50-45-14-5-3-12-38(45)30-31-53(50)51/h3-24,26-35,37H,25H2,1-2H3. The second kappa shape index (κ2) is 14.7. The van der Waals surface area contributed by atoms with Crippen LogP contribution in [0.1, 0.15) is 24.7 Å². The summed E-state index contributed by atoms with van der Waals surface area (Å²) < 4.78 is 0. The highest BCUT2D eigenvalue weighted by Crippen LogP contribution is 2.43. The Hall–Kier alpha value is -7.49. The van der Waals surface area contributed by atoms with Crippen LogP contribution in [0.25, 0.3) is 105 Å². The van der Waals surface area contributed by atoms with Gasteiger partial charge in [-0.15, -0.1) is 0 Å². The molecule has 11 rings (SSSR count). The molecule has 1 aromatic heterocycles. The summed E-state index contributed by atoms with van der Waals surface area (Å²) in [5, 5.41) is 9.87. The van der Waals surface area contributed by atoms with Gasteiger partial charge in [-0.1, -0.05) is 182 Å². The van der Waals surface area contributed by atoms with Gasteiger partial charge in [0.2, 0.25) is 0 Å². The van der Waals surface area contributed by atoms with Gasteiger partial charge in [0.05, 0.1) is 0 Å². The number of benzene rings is 9. The molecule has 9 aromatic carbocycles. The van der Waals surface area contributed by atoms with Crippen molar-refractivity contribution in [3.8, 4) is 56.2 Å². The molecule has 0 saturated carbocycles. The maximum atomic E-state index is 5.29. The molecule has 284 valence electrons. The number of fused-ring (bicyclic) bond motifs is 6. The second-order valence-electron chi connectivity index (χ2n) is 16.1. The van der Waals surface area contributed by atoms with Gasteiger partial charge in [-0.05, 0) is 120 Å². The second-order valence-corrected chi connectivity index (χ2v) is 16.1. The highest BCUT2D eigenvalue weighted by atomic mass is 15.0. The molecule has 1 aliphatic rings. The Labute approximate surface area is 350 Å². The molecule has 60 heavy (non-hydrogen) atoms. The molecule has 1 unspecified atom stereocenters. The predicted molar refractivity (Wildman–Crippen MR) is 253 cm³/mol. The summed E-state index contributed by atoms with van der Waals surface area (Å²) in [5.41, 5.74) is 11.0. The van der Waals surface area contributed by atoms with Crippen LogP contribution in [-0.4, -0.2) is 15.0 Å². The van der Waals surface area contributed by atoms with Gasteiger partial charge in [-0.25, -0.2) is 15.0 Å². The SMILES string of the molecule is Cc1ccc(-c2nc(C3=CCC(C)C=C3)nc(-c3cc(-c4ccccc4-c4cccc5c4ccc4ccccc45)cc(-c4cc5ccccc5c5ccccc45)c3)n2)cc1. The lowest BCUT2D eigenvalue weighted by Crippen LogP contribution is -2.04. The topological polar surface area (TPSA) is 38.7 Å². The fraction of sp³-hybridized carbons (Fsp3) is 0.0702. The third-order valence-electron chi connectivity index (χ3n) is 12.1. The Kier molecular flexibility index (Phi) is 8.74. The molecule has 1 aliphatic carbocycles. The van der Waals surface area contributed by atoms with Crippen LogP contribution in [0.4, 0.5) is 0 Å². The molecule has 0 spiro atoms. The van der Waals surface area contributed by atoms with Crippen LogP contribution in [0.2, 0.25) is 0 Å². The molecule has 3 heteroatoms. The van der Waals surface area contributed by atoms with Crippen molar-refractivity contribution in [3.05, 3.63) is 206 Å². The fourth-order valence-electron chi connectivity index (χ4n) is 8.96. The van der Waals surface area contributed by atoms with Gasteiger partial charge >= 0.3 is 0 Å². The van der Waals surface area contributed by atoms with Crippen molar-refractivity contribution >= 4 is 48.7 Å². The summed E-state index contributed by atoms with van der Waals surface area (Å²) in [6, 6.07) is 63.9. The number of allylic oxidation sites excluding steroid dienone is 4. The predicted octanol–water partition coefficient (Wildman–Crippen LogP) is 15.1. The van der Waals surface area contributed by atoms with E-state index in [2.05, 4.69) is 208 Å². The average molecular weight is 768 g/mol. The van der Waals surface area contributed by atoms with Gasteiger partial charge in [-0.3, -0.25) is 0 Å². The number of nitrogens with zero attached hydrogens (tertiary/aromatic N) is 3. The molecule has 10 aromatic rings. The number of aromatic nitrogens is 3. The minimum atomic E-state index is 0.475. The van der Waals surface area contributed by atoms with E-state index in [1.165, 1.54) is 65.3 Å². The van der Waals surface area contributed by atoms with E-state index in [1.807, 2.05) is 0 Å². The fourth-order valence-corrected chi connectivity index (χ4v) is 8.96. The number of aryl methyl sites for hydroxylation is 1. The van der Waals surface area contributed by atoms with Crippen LogP contribution >= 0.6 is 0 Å². The molecule has 1 heterocycles. The van der Waals surface area contributed by atoms with E-state index in [4.69, 9.17) is 15.0 Å². The maximum absolute atomic E-state index is 5.29. The van der Waals surface area contributed by atoms with Crippen molar-refractivity contribution < 1.29 is 0 Å². The summed E-state index contributed by atoms with van der Waals surface area (Å²) in [6.07, 6.45) is 7.62. The smallest absolute Gasteiger partial charge is 0.164 e. The van der Waals surface area contributed by atoms with E-state index in [9.17, 15) is 0 Å². The minimum absolute atomic E-state index is 0.475. The van der Waals surface area contributed by atoms with E-state index in [1.54, 1.807) is 0 Å². The molecule has 3 nitrogen and oxygen atoms in total. The number of hydrogen-bond donors (Lipinski definition) is 0. The molecular formula is C57H41N3. The molecular weight excluding hydrogens is 727 g/mol. The van der Waals surface area contributed by atoms with Gasteiger partial charge in [-0.2, -0.15) is 0 Å². The average Bonchev–Trinajstić information content (AvgIpc) is 3.31. The van der Waals surface area contributed by atoms with E-state index >= 15 is 0 Å². The van der Waals surface area contributed by atoms with Crippen molar-refractivity contribution in [2.24, 2.45) is 5.92 Å². The summed E-state index contributed by atoms with van der Waals surface area (Å²) in [4.78, 5) is 15.7. The Morgan fingerprint density at radius 2 is 0.950 bits per heavy atom. The Morgan fingerprint density at radius 1 is 0.400 bits per heavy atom. The summed E-state index contributed by atoms with van der Waals surface area (Å²) >= 11 is 0. The lowest BCUT2D eigenvalue weighted by molar-refractivity contribution is 0.738. The van der Waals surface area contributed by atoms with Crippen molar-refractivity contribution in [1.29, 1.82) is 0 Å². The van der Waals surface area contributed by atoms with Gasteiger partial charge in [0.25, 0.3) is 0 Å². The first-order chi connectivity index (χ1) is 29.5. The molecule has 0 saturated heterocycles. The minimum Gasteiger partial charge on any atom is -0.208 e. The summed E-state index contributed by atoms with van der Waals surface area (Å²) in [5.74, 6) is 2.47. The van der Waals surface area contributed by atoms with E-state index in [0.717, 1.165) is 39.8 Å². The van der Waals surface area contributed by atoms with Gasteiger partial charge in [0.15, 0.2) is 17.5 Å². The lowest BCUT2D eigenvalue weighted by atomic mass is 9.87. The highest BCUT2D eigenvalue weighted by molar-refractivity contribution is 6.15. The summed E-state index contributed by atoms with van der Waals surface area (Å²) in [7, 11) is 0. The van der Waals surface area contributed by atoms with Gasteiger partial charge < -0.3 is 0 Å². The Bertz CT molecular complexity index is 3370. The monoisotopic (exact) mass is 767 g/mol. The number of hydrogen-bond acceptors (Lipinski definition) is 3. The molecule has 0 aliphatic heterocycles. The third kappa shape index (κ3) is 6.36. The third-order valence-corrected chi connectivity index (χ3v) is 12.1. The number of rotatable bonds is 6. The zero-order valence-corrected chi connectivity index (χ0v) is 33.6. The molecule has 0 amide bonds. The van der Waals surface area contributed by atoms with Gasteiger partial charge in [0.1, 0.15) is 0 Å². The maximum Gasteiger partial charge on any atom is 0.164 e. The molecule has 0 fully saturated rings. The Morgan fingerprint density at radius 3 is 1.70 bits per heavy atom. The molecule has 0 bridgehead atoms. The van der Waals surface area contributed by atoms with Crippen LogP contribution in [0.5, 0.6) is 0 Å². The quantitative estimate of drug-likeness (QED) is 0.158. The molecule has 0 N–H and O–H groups in total. The first-order valence-corrected chi connectivity index (χ1v) is 20.8. The van der Waals surface area contributed by atoms with Crippen LogP contribution in [0.15, 0.2) is 194 Å². The zero-order chi connectivity index (χ0) is 40.2. The van der Waals surface area contributed by atoms with E-state index in [0.29, 0.717) is 23.4 Å². The van der Waals surface area contributed by atoms with Crippen LogP contribution in [0, 0.1) is 12.8 Å². The first kappa shape index (κ1) is 35.7. The van der Waals surface area contributed by atoms with Crippen LogP contribution < -0.4 is 0 Å². The van der Waals surface area contributed by atoms with E-state index < -0.39 is 0 Å². The molecule has 0 radical (unpaired) electrons. The lowest BCUT2D eigenvalue weighted by Gasteiger charge is -2.18. The largest absolute Gasteiger partial charge is 0.208 e. The van der Waals surface area contributed by atoms with Crippen molar-refractivity contribution in [3.63, 3.8) is 0 Å². The normalized spacial score (nSPS) is 14.0. The van der Waals surface area contributed by atoms with Crippen LogP contribution in [0.3, 0.4) is 0 Å².